The molecule has 148 valence electrons. The second-order valence-corrected chi connectivity index (χ2v) is 6.45. The van der Waals surface area contributed by atoms with Crippen LogP contribution in [0.4, 0.5) is 0 Å². The Morgan fingerprint density at radius 1 is 1.38 bits per heavy atom. The summed E-state index contributed by atoms with van der Waals surface area (Å²) in [6.45, 7) is 4.94. The van der Waals surface area contributed by atoms with Gasteiger partial charge in [0.1, 0.15) is 12.3 Å². The number of amides is 1. The van der Waals surface area contributed by atoms with Gasteiger partial charge in [-0.3, -0.25) is 4.79 Å². The van der Waals surface area contributed by atoms with Gasteiger partial charge in [0.2, 0.25) is 5.91 Å². The van der Waals surface area contributed by atoms with Crippen LogP contribution in [0.1, 0.15) is 25.8 Å². The number of ether oxygens (including phenoxy) is 1. The molecular formula is C18H30ClIN4O2. The lowest BCUT2D eigenvalue weighted by atomic mass is 10.1. The van der Waals surface area contributed by atoms with Crippen molar-refractivity contribution in [2.75, 3.05) is 34.3 Å². The lowest BCUT2D eigenvalue weighted by molar-refractivity contribution is -0.127. The number of aliphatic imine (C=N–C) groups is 1. The molecule has 1 amide bonds. The summed E-state index contributed by atoms with van der Waals surface area (Å²) in [7, 11) is 5.06. The largest absolute Gasteiger partial charge is 0.497 e. The van der Waals surface area contributed by atoms with Gasteiger partial charge in [-0.2, -0.15) is 0 Å². The van der Waals surface area contributed by atoms with Crippen molar-refractivity contribution in [2.24, 2.45) is 4.99 Å². The van der Waals surface area contributed by atoms with Gasteiger partial charge in [0.25, 0.3) is 0 Å². The van der Waals surface area contributed by atoms with Gasteiger partial charge < -0.3 is 20.3 Å². The van der Waals surface area contributed by atoms with E-state index in [4.69, 9.17) is 16.3 Å². The Morgan fingerprint density at radius 2 is 2.08 bits per heavy atom. The molecule has 1 unspecified atom stereocenters. The molecule has 0 aliphatic rings. The van der Waals surface area contributed by atoms with Gasteiger partial charge in [-0.05, 0) is 37.5 Å². The molecule has 1 aromatic rings. The molecule has 0 saturated carbocycles. The van der Waals surface area contributed by atoms with Gasteiger partial charge in [0.05, 0.1) is 7.11 Å². The molecule has 0 aromatic heterocycles. The van der Waals surface area contributed by atoms with Crippen molar-refractivity contribution in [1.82, 2.24) is 15.5 Å². The van der Waals surface area contributed by atoms with Crippen molar-refractivity contribution >= 4 is 47.4 Å². The molecule has 0 bridgehead atoms. The zero-order valence-electron chi connectivity index (χ0n) is 16.1. The van der Waals surface area contributed by atoms with E-state index in [2.05, 4.69) is 29.5 Å². The molecular weight excluding hydrogens is 467 g/mol. The average Bonchev–Trinajstić information content (AvgIpc) is 2.59. The fraction of sp³-hybridized carbons (Fsp3) is 0.556. The average molecular weight is 497 g/mol. The highest BCUT2D eigenvalue weighted by Crippen LogP contribution is 2.22. The minimum absolute atomic E-state index is 0. The molecule has 0 heterocycles. The lowest BCUT2D eigenvalue weighted by Crippen LogP contribution is -2.43. The van der Waals surface area contributed by atoms with Crippen LogP contribution >= 0.6 is 35.6 Å². The number of hydrogen-bond acceptors (Lipinski definition) is 3. The number of rotatable bonds is 8. The molecule has 0 fully saturated rings. The number of hydrogen-bond donors (Lipinski definition) is 2. The number of carbonyl (C=O) groups excluding carboxylic acids is 1. The normalized spacial score (nSPS) is 12.0. The highest BCUT2D eigenvalue weighted by Gasteiger charge is 2.08. The summed E-state index contributed by atoms with van der Waals surface area (Å²) in [4.78, 5) is 17.6. The van der Waals surface area contributed by atoms with Gasteiger partial charge in [-0.25, -0.2) is 4.99 Å². The fourth-order valence-corrected chi connectivity index (χ4v) is 2.21. The van der Waals surface area contributed by atoms with Crippen LogP contribution in [0, 0.1) is 0 Å². The predicted octanol–water partition coefficient (Wildman–Crippen LogP) is 2.93. The molecule has 1 aromatic carbocycles. The van der Waals surface area contributed by atoms with E-state index >= 15 is 0 Å². The van der Waals surface area contributed by atoms with Gasteiger partial charge in [-0.1, -0.05) is 24.6 Å². The fourth-order valence-electron chi connectivity index (χ4n) is 1.95. The molecule has 6 nitrogen and oxygen atoms in total. The summed E-state index contributed by atoms with van der Waals surface area (Å²) >= 11 is 6.26. The highest BCUT2D eigenvalue weighted by atomic mass is 127. The van der Waals surface area contributed by atoms with Crippen molar-refractivity contribution in [3.8, 4) is 5.75 Å². The molecule has 26 heavy (non-hydrogen) atoms. The van der Waals surface area contributed by atoms with E-state index < -0.39 is 0 Å². The van der Waals surface area contributed by atoms with Crippen LogP contribution in [-0.2, 0) is 11.2 Å². The molecule has 2 N–H and O–H groups in total. The van der Waals surface area contributed by atoms with E-state index in [0.717, 1.165) is 24.2 Å². The highest BCUT2D eigenvalue weighted by molar-refractivity contribution is 14.0. The molecule has 0 spiro atoms. The number of nitrogens with one attached hydrogen (secondary N) is 2. The van der Waals surface area contributed by atoms with Crippen LogP contribution in [0.15, 0.2) is 23.2 Å². The Bertz CT molecular complexity index is 597. The van der Waals surface area contributed by atoms with Crippen LogP contribution < -0.4 is 15.4 Å². The number of methoxy groups -OCH3 is 1. The minimum atomic E-state index is -0.0385. The second kappa shape index (κ2) is 13.0. The minimum Gasteiger partial charge on any atom is -0.497 e. The van der Waals surface area contributed by atoms with E-state index in [-0.39, 0.29) is 42.5 Å². The summed E-state index contributed by atoms with van der Waals surface area (Å²) in [5, 5.41) is 7.24. The number of carbonyl (C=O) groups is 1. The Kier molecular flexibility index (Phi) is 12.4. The second-order valence-electron chi connectivity index (χ2n) is 6.04. The molecule has 0 radical (unpaired) electrons. The monoisotopic (exact) mass is 496 g/mol. The standard InChI is InChI=1S/C18H29ClN4O2.HI/c1-6-13(2)22-18(21-12-17(24)23(3)4)20-10-9-14-7-8-15(25-5)11-16(14)19;/h7-8,11,13H,6,9-10,12H2,1-5H3,(H2,20,21,22);1H. The molecule has 0 aliphatic heterocycles. The van der Waals surface area contributed by atoms with Crippen LogP contribution in [-0.4, -0.2) is 57.1 Å². The predicted molar refractivity (Wildman–Crippen MR) is 119 cm³/mol. The number of guanidine groups is 1. The van der Waals surface area contributed by atoms with Crippen molar-refractivity contribution in [1.29, 1.82) is 0 Å². The zero-order valence-corrected chi connectivity index (χ0v) is 19.2. The topological polar surface area (TPSA) is 66.0 Å². The van der Waals surface area contributed by atoms with Crippen molar-refractivity contribution in [3.63, 3.8) is 0 Å². The van der Waals surface area contributed by atoms with E-state index in [1.807, 2.05) is 12.1 Å². The van der Waals surface area contributed by atoms with Crippen LogP contribution in [0.3, 0.4) is 0 Å². The van der Waals surface area contributed by atoms with Crippen molar-refractivity contribution < 1.29 is 9.53 Å². The Morgan fingerprint density at radius 3 is 2.62 bits per heavy atom. The van der Waals surface area contributed by atoms with Crippen LogP contribution in [0.5, 0.6) is 5.75 Å². The van der Waals surface area contributed by atoms with Crippen molar-refractivity contribution in [2.45, 2.75) is 32.7 Å². The maximum absolute atomic E-state index is 11.7. The van der Waals surface area contributed by atoms with Crippen molar-refractivity contribution in [3.05, 3.63) is 28.8 Å². The maximum Gasteiger partial charge on any atom is 0.243 e. The molecule has 0 aliphatic carbocycles. The first-order valence-electron chi connectivity index (χ1n) is 8.44. The summed E-state index contributed by atoms with van der Waals surface area (Å²) in [6, 6.07) is 5.92. The summed E-state index contributed by atoms with van der Waals surface area (Å²) in [5.41, 5.74) is 1.03. The van der Waals surface area contributed by atoms with Crippen LogP contribution in [0.2, 0.25) is 5.02 Å². The number of benzene rings is 1. The summed E-state index contributed by atoms with van der Waals surface area (Å²) < 4.78 is 5.16. The first-order chi connectivity index (χ1) is 11.9. The van der Waals surface area contributed by atoms with E-state index in [1.165, 1.54) is 4.90 Å². The third-order valence-corrected chi connectivity index (χ3v) is 4.17. The smallest absolute Gasteiger partial charge is 0.243 e. The number of halogens is 2. The maximum atomic E-state index is 11.7. The third-order valence-electron chi connectivity index (χ3n) is 3.81. The summed E-state index contributed by atoms with van der Waals surface area (Å²) in [5.74, 6) is 1.34. The van der Waals surface area contributed by atoms with Crippen LogP contribution in [0.25, 0.3) is 0 Å². The Hall–Kier alpha value is -1.22. The molecule has 0 saturated heterocycles. The van der Waals surface area contributed by atoms with E-state index in [0.29, 0.717) is 17.5 Å². The van der Waals surface area contributed by atoms with E-state index in [1.54, 1.807) is 27.3 Å². The first-order valence-corrected chi connectivity index (χ1v) is 8.82. The lowest BCUT2D eigenvalue weighted by Gasteiger charge is -2.18. The van der Waals surface area contributed by atoms with Gasteiger partial charge in [0, 0.05) is 31.7 Å². The molecule has 1 atom stereocenters. The molecule has 1 rings (SSSR count). The number of nitrogens with zero attached hydrogens (tertiary/aromatic N) is 2. The Balaban J connectivity index is 0.00000625. The zero-order chi connectivity index (χ0) is 18.8. The van der Waals surface area contributed by atoms with Gasteiger partial charge in [0.15, 0.2) is 5.96 Å². The third kappa shape index (κ3) is 8.93. The SMILES string of the molecule is CCC(C)NC(=NCC(=O)N(C)C)NCCc1ccc(OC)cc1Cl.I. The molecule has 8 heteroatoms. The van der Waals surface area contributed by atoms with Gasteiger partial charge in [-0.15, -0.1) is 24.0 Å². The first kappa shape index (κ1) is 24.8. The van der Waals surface area contributed by atoms with E-state index in [9.17, 15) is 4.79 Å². The Labute approximate surface area is 178 Å². The van der Waals surface area contributed by atoms with Gasteiger partial charge >= 0.3 is 0 Å². The summed E-state index contributed by atoms with van der Waals surface area (Å²) in [6.07, 6.45) is 1.71. The number of likely N-dealkylation sites (N-methyl/N-ethyl adjacent to an activating group) is 1. The quantitative estimate of drug-likeness (QED) is 0.330.